The molecule has 3 heterocycles. The quantitative estimate of drug-likeness (QED) is 0.476. The van der Waals surface area contributed by atoms with Crippen molar-refractivity contribution < 1.29 is 9.18 Å². The number of anilines is 1. The summed E-state index contributed by atoms with van der Waals surface area (Å²) in [5.41, 5.74) is 2.87. The van der Waals surface area contributed by atoms with Crippen molar-refractivity contribution in [1.82, 2.24) is 14.9 Å². The third-order valence-corrected chi connectivity index (χ3v) is 7.90. The van der Waals surface area contributed by atoms with Gasteiger partial charge in [-0.25, -0.2) is 9.37 Å². The van der Waals surface area contributed by atoms with E-state index in [2.05, 4.69) is 16.3 Å². The van der Waals surface area contributed by atoms with Crippen LogP contribution in [-0.4, -0.2) is 35.1 Å². The number of amides is 1. The lowest BCUT2D eigenvalue weighted by Gasteiger charge is -2.34. The lowest BCUT2D eigenvalue weighted by Crippen LogP contribution is -2.45. The molecule has 6 nitrogen and oxygen atoms in total. The van der Waals surface area contributed by atoms with Crippen molar-refractivity contribution >= 4 is 33.4 Å². The number of thiophene rings is 1. The number of rotatable bonds is 7. The Kier molecular flexibility index (Phi) is 7.27. The molecule has 0 bridgehead atoms. The molecule has 1 aromatic carbocycles. The van der Waals surface area contributed by atoms with Crippen molar-refractivity contribution in [2.24, 2.45) is 5.92 Å². The monoisotopic (exact) mass is 494 g/mol. The summed E-state index contributed by atoms with van der Waals surface area (Å²) in [6.45, 7) is 2.25. The predicted molar refractivity (Wildman–Crippen MR) is 138 cm³/mol. The van der Waals surface area contributed by atoms with Crippen LogP contribution >= 0.6 is 11.3 Å². The highest BCUT2D eigenvalue weighted by molar-refractivity contribution is 7.17. The SMILES string of the molecule is O=C(NCCC1=CCCCC1)C1CCCN(c2nc3ccsc3c(=O)n2Cc2ccc(F)cc2)C1. The first-order chi connectivity index (χ1) is 17.1. The van der Waals surface area contributed by atoms with Gasteiger partial charge in [0.05, 0.1) is 18.0 Å². The molecule has 35 heavy (non-hydrogen) atoms. The Labute approximate surface area is 208 Å². The molecule has 1 aliphatic heterocycles. The zero-order valence-electron chi connectivity index (χ0n) is 19.8. The molecule has 2 aliphatic rings. The summed E-state index contributed by atoms with van der Waals surface area (Å²) < 4.78 is 15.7. The smallest absolute Gasteiger partial charge is 0.273 e. The number of fused-ring (bicyclic) bond motifs is 1. The van der Waals surface area contributed by atoms with E-state index in [1.54, 1.807) is 16.7 Å². The van der Waals surface area contributed by atoms with Crippen molar-refractivity contribution in [3.05, 3.63) is 69.1 Å². The number of carbonyl (C=O) groups excluding carboxylic acids is 1. The molecule has 0 saturated carbocycles. The Morgan fingerprint density at radius 3 is 2.83 bits per heavy atom. The minimum atomic E-state index is -0.308. The zero-order valence-corrected chi connectivity index (χ0v) is 20.7. The Balaban J connectivity index is 1.34. The fourth-order valence-electron chi connectivity index (χ4n) is 5.08. The molecule has 5 rings (SSSR count). The van der Waals surface area contributed by atoms with E-state index in [0.717, 1.165) is 44.2 Å². The maximum absolute atomic E-state index is 13.4. The van der Waals surface area contributed by atoms with Crippen LogP contribution in [0.4, 0.5) is 10.3 Å². The van der Waals surface area contributed by atoms with Crippen LogP contribution in [0.15, 0.2) is 52.2 Å². The van der Waals surface area contributed by atoms with Gasteiger partial charge in [0.1, 0.15) is 10.5 Å². The van der Waals surface area contributed by atoms with Crippen LogP contribution in [-0.2, 0) is 11.3 Å². The molecule has 1 aliphatic carbocycles. The minimum Gasteiger partial charge on any atom is -0.355 e. The van der Waals surface area contributed by atoms with Crippen molar-refractivity contribution in [3.63, 3.8) is 0 Å². The van der Waals surface area contributed by atoms with Gasteiger partial charge in [0.15, 0.2) is 0 Å². The molecular weight excluding hydrogens is 463 g/mol. The largest absolute Gasteiger partial charge is 0.355 e. The molecule has 1 fully saturated rings. The molecule has 2 aromatic heterocycles. The number of hydrogen-bond donors (Lipinski definition) is 1. The highest BCUT2D eigenvalue weighted by Gasteiger charge is 2.28. The summed E-state index contributed by atoms with van der Waals surface area (Å²) >= 11 is 1.38. The van der Waals surface area contributed by atoms with Gasteiger partial charge in [-0.2, -0.15) is 0 Å². The standard InChI is InChI=1S/C27H31FN4O2S/c28-22-10-8-20(9-11-22)17-32-26(34)24-23(13-16-35-24)30-27(32)31-15-4-7-21(18-31)25(33)29-14-12-19-5-2-1-3-6-19/h5,8-11,13,16,21H,1-4,6-7,12,14-15,17-18H2,(H,29,33). The Hall–Kier alpha value is -3.00. The first kappa shape index (κ1) is 23.7. The summed E-state index contributed by atoms with van der Waals surface area (Å²) in [7, 11) is 0. The number of aromatic nitrogens is 2. The maximum atomic E-state index is 13.4. The minimum absolute atomic E-state index is 0.0788. The number of benzene rings is 1. The van der Waals surface area contributed by atoms with E-state index in [1.165, 1.54) is 41.9 Å². The van der Waals surface area contributed by atoms with Crippen LogP contribution in [0, 0.1) is 11.7 Å². The second-order valence-electron chi connectivity index (χ2n) is 9.50. The van der Waals surface area contributed by atoms with Gasteiger partial charge in [0, 0.05) is 19.6 Å². The highest BCUT2D eigenvalue weighted by atomic mass is 32.1. The molecule has 0 radical (unpaired) electrons. The second-order valence-corrected chi connectivity index (χ2v) is 10.4. The van der Waals surface area contributed by atoms with Gasteiger partial charge in [-0.1, -0.05) is 23.8 Å². The molecular formula is C27H31FN4O2S. The summed E-state index contributed by atoms with van der Waals surface area (Å²) in [5.74, 6) is 0.210. The van der Waals surface area contributed by atoms with E-state index in [0.29, 0.717) is 35.8 Å². The van der Waals surface area contributed by atoms with Gasteiger partial charge < -0.3 is 10.2 Å². The second kappa shape index (κ2) is 10.7. The van der Waals surface area contributed by atoms with Crippen LogP contribution in [0.25, 0.3) is 10.2 Å². The number of allylic oxidation sites excluding steroid dienone is 1. The summed E-state index contributed by atoms with van der Waals surface area (Å²) in [6, 6.07) is 8.06. The normalized spacial score (nSPS) is 18.5. The van der Waals surface area contributed by atoms with Crippen LogP contribution < -0.4 is 15.8 Å². The van der Waals surface area contributed by atoms with Gasteiger partial charge in [0.2, 0.25) is 11.9 Å². The molecule has 8 heteroatoms. The summed E-state index contributed by atoms with van der Waals surface area (Å²) in [6.07, 6.45) is 9.76. The van der Waals surface area contributed by atoms with Gasteiger partial charge >= 0.3 is 0 Å². The first-order valence-corrected chi connectivity index (χ1v) is 13.4. The van der Waals surface area contributed by atoms with Gasteiger partial charge in [-0.15, -0.1) is 11.3 Å². The van der Waals surface area contributed by atoms with E-state index in [1.807, 2.05) is 11.4 Å². The zero-order chi connectivity index (χ0) is 24.2. The van der Waals surface area contributed by atoms with Crippen LogP contribution in [0.5, 0.6) is 0 Å². The molecule has 0 spiro atoms. The fourth-order valence-corrected chi connectivity index (χ4v) is 5.86. The number of halogens is 1. The van der Waals surface area contributed by atoms with Crippen molar-refractivity contribution in [2.75, 3.05) is 24.5 Å². The van der Waals surface area contributed by atoms with Crippen molar-refractivity contribution in [1.29, 1.82) is 0 Å². The predicted octanol–water partition coefficient (Wildman–Crippen LogP) is 4.87. The molecule has 3 aromatic rings. The fraction of sp³-hybridized carbons (Fsp3) is 0.444. The van der Waals surface area contributed by atoms with E-state index >= 15 is 0 Å². The van der Waals surface area contributed by atoms with Crippen molar-refractivity contribution in [2.45, 2.75) is 51.5 Å². The van der Waals surface area contributed by atoms with Crippen molar-refractivity contribution in [3.8, 4) is 0 Å². The van der Waals surface area contributed by atoms with Gasteiger partial charge in [0.25, 0.3) is 5.56 Å². The Morgan fingerprint density at radius 2 is 2.03 bits per heavy atom. The highest BCUT2D eigenvalue weighted by Crippen LogP contribution is 2.25. The average Bonchev–Trinajstić information content (AvgIpc) is 3.37. The summed E-state index contributed by atoms with van der Waals surface area (Å²) in [5, 5.41) is 5.01. The van der Waals surface area contributed by atoms with Gasteiger partial charge in [-0.05, 0) is 74.1 Å². The Morgan fingerprint density at radius 1 is 1.17 bits per heavy atom. The number of hydrogen-bond acceptors (Lipinski definition) is 5. The number of carbonyl (C=O) groups is 1. The first-order valence-electron chi connectivity index (χ1n) is 12.5. The van der Waals surface area contributed by atoms with E-state index in [9.17, 15) is 14.0 Å². The van der Waals surface area contributed by atoms with Gasteiger partial charge in [-0.3, -0.25) is 14.2 Å². The summed E-state index contributed by atoms with van der Waals surface area (Å²) in [4.78, 5) is 33.3. The average molecular weight is 495 g/mol. The Bertz CT molecular complexity index is 1280. The molecule has 1 atom stereocenters. The van der Waals surface area contributed by atoms with E-state index in [-0.39, 0.29) is 23.2 Å². The number of piperidine rings is 1. The van der Waals surface area contributed by atoms with E-state index in [4.69, 9.17) is 4.98 Å². The lowest BCUT2D eigenvalue weighted by atomic mass is 9.96. The molecule has 1 unspecified atom stereocenters. The topological polar surface area (TPSA) is 67.2 Å². The molecule has 184 valence electrons. The lowest BCUT2D eigenvalue weighted by molar-refractivity contribution is -0.125. The van der Waals surface area contributed by atoms with E-state index < -0.39 is 0 Å². The molecule has 1 N–H and O–H groups in total. The molecule has 1 saturated heterocycles. The number of nitrogens with zero attached hydrogens (tertiary/aromatic N) is 3. The van der Waals surface area contributed by atoms with Crippen LogP contribution in [0.3, 0.4) is 0 Å². The maximum Gasteiger partial charge on any atom is 0.273 e. The third-order valence-electron chi connectivity index (χ3n) is 7.01. The number of nitrogens with one attached hydrogen (secondary N) is 1. The van der Waals surface area contributed by atoms with Crippen LogP contribution in [0.1, 0.15) is 50.5 Å². The molecule has 1 amide bonds. The van der Waals surface area contributed by atoms with Crippen LogP contribution in [0.2, 0.25) is 0 Å². The third kappa shape index (κ3) is 5.48.